The molecule has 1 aliphatic heterocycles. The minimum atomic E-state index is -0.328. The highest BCUT2D eigenvalue weighted by Crippen LogP contribution is 2.25. The summed E-state index contributed by atoms with van der Waals surface area (Å²) in [6.45, 7) is 2.28. The zero-order chi connectivity index (χ0) is 16.1. The summed E-state index contributed by atoms with van der Waals surface area (Å²) in [5.41, 5.74) is 0.548. The van der Waals surface area contributed by atoms with Gasteiger partial charge in [0.05, 0.1) is 6.33 Å². The average molecular weight is 315 g/mol. The van der Waals surface area contributed by atoms with Gasteiger partial charge in [0.15, 0.2) is 0 Å². The maximum absolute atomic E-state index is 12.4. The van der Waals surface area contributed by atoms with E-state index in [1.165, 1.54) is 6.20 Å². The highest BCUT2D eigenvalue weighted by atomic mass is 16.2. The maximum atomic E-state index is 12.4. The zero-order valence-corrected chi connectivity index (χ0v) is 13.0. The lowest BCUT2D eigenvalue weighted by atomic mass is 9.94. The average Bonchev–Trinajstić information content (AvgIpc) is 3.08. The number of carbonyl (C=O) groups excluding carboxylic acids is 1. The third-order valence-electron chi connectivity index (χ3n) is 4.28. The molecule has 0 spiro atoms. The summed E-state index contributed by atoms with van der Waals surface area (Å²) in [5.74, 6) is 0.378. The Kier molecular flexibility index (Phi) is 4.85. The molecule has 7 nitrogen and oxygen atoms in total. The standard InChI is InChI=1S/C16H21N5O2/c22-15(4-2-8-20-10-7-17-12-20)21-9-1-3-13(11-21)14-5-6-18-16(23)19-14/h5-7,10,12-13H,1-4,8-9,11H2,(H,18,19,23)/t13-/m0/s1. The number of imidazole rings is 1. The van der Waals surface area contributed by atoms with Gasteiger partial charge in [0.1, 0.15) is 0 Å². The van der Waals surface area contributed by atoms with Gasteiger partial charge in [-0.15, -0.1) is 0 Å². The molecule has 1 saturated heterocycles. The largest absolute Gasteiger partial charge is 0.345 e. The van der Waals surface area contributed by atoms with Gasteiger partial charge in [-0.1, -0.05) is 0 Å². The Hall–Kier alpha value is -2.44. The van der Waals surface area contributed by atoms with Crippen LogP contribution in [0.25, 0.3) is 0 Å². The number of rotatable bonds is 5. The molecule has 0 aromatic carbocycles. The molecule has 23 heavy (non-hydrogen) atoms. The first-order chi connectivity index (χ1) is 11.2. The molecular weight excluding hydrogens is 294 g/mol. The summed E-state index contributed by atoms with van der Waals surface area (Å²) in [5, 5.41) is 0. The minimum absolute atomic E-state index is 0.186. The number of aromatic nitrogens is 4. The van der Waals surface area contributed by atoms with Crippen LogP contribution in [0, 0.1) is 0 Å². The second kappa shape index (κ2) is 7.21. The number of nitrogens with one attached hydrogen (secondary N) is 1. The van der Waals surface area contributed by atoms with E-state index in [4.69, 9.17) is 0 Å². The maximum Gasteiger partial charge on any atom is 0.345 e. The van der Waals surface area contributed by atoms with Gasteiger partial charge in [-0.3, -0.25) is 4.79 Å². The fourth-order valence-corrected chi connectivity index (χ4v) is 3.07. The van der Waals surface area contributed by atoms with E-state index in [-0.39, 0.29) is 17.5 Å². The summed E-state index contributed by atoms with van der Waals surface area (Å²) in [6, 6.07) is 1.83. The molecule has 0 radical (unpaired) electrons. The Balaban J connectivity index is 1.53. The fourth-order valence-electron chi connectivity index (χ4n) is 3.07. The quantitative estimate of drug-likeness (QED) is 0.897. The number of hydrogen-bond donors (Lipinski definition) is 1. The molecule has 0 saturated carbocycles. The fraction of sp³-hybridized carbons (Fsp3) is 0.500. The normalized spacial score (nSPS) is 18.1. The smallest absolute Gasteiger partial charge is 0.342 e. The first kappa shape index (κ1) is 15.5. The van der Waals surface area contributed by atoms with E-state index in [0.29, 0.717) is 13.0 Å². The molecular formula is C16H21N5O2. The number of likely N-dealkylation sites (tertiary alicyclic amines) is 1. The van der Waals surface area contributed by atoms with E-state index in [9.17, 15) is 9.59 Å². The highest BCUT2D eigenvalue weighted by Gasteiger charge is 2.24. The van der Waals surface area contributed by atoms with Crippen molar-refractivity contribution in [2.24, 2.45) is 0 Å². The van der Waals surface area contributed by atoms with Crippen molar-refractivity contribution in [3.63, 3.8) is 0 Å². The summed E-state index contributed by atoms with van der Waals surface area (Å²) in [6.07, 6.45) is 10.2. The Morgan fingerprint density at radius 3 is 3.09 bits per heavy atom. The molecule has 1 aliphatic rings. The molecule has 1 atom stereocenters. The Labute approximate surface area is 134 Å². The third-order valence-corrected chi connectivity index (χ3v) is 4.28. The van der Waals surface area contributed by atoms with E-state index < -0.39 is 0 Å². The van der Waals surface area contributed by atoms with Crippen molar-refractivity contribution in [1.82, 2.24) is 24.4 Å². The Morgan fingerprint density at radius 2 is 2.30 bits per heavy atom. The molecule has 122 valence electrons. The number of H-pyrrole nitrogens is 1. The van der Waals surface area contributed by atoms with Gasteiger partial charge < -0.3 is 14.5 Å². The van der Waals surface area contributed by atoms with Crippen LogP contribution in [0.1, 0.15) is 37.3 Å². The van der Waals surface area contributed by atoms with Gasteiger partial charge in [0.25, 0.3) is 0 Å². The summed E-state index contributed by atoms with van der Waals surface area (Å²) in [4.78, 5) is 36.1. The van der Waals surface area contributed by atoms with E-state index in [1.54, 1.807) is 12.5 Å². The van der Waals surface area contributed by atoms with Gasteiger partial charge in [0.2, 0.25) is 5.91 Å². The van der Waals surface area contributed by atoms with E-state index >= 15 is 0 Å². The van der Waals surface area contributed by atoms with Crippen LogP contribution >= 0.6 is 0 Å². The molecule has 2 aromatic heterocycles. The lowest BCUT2D eigenvalue weighted by Gasteiger charge is -2.32. The van der Waals surface area contributed by atoms with Gasteiger partial charge in [0, 0.05) is 56.3 Å². The second-order valence-electron chi connectivity index (χ2n) is 5.91. The van der Waals surface area contributed by atoms with Crippen molar-refractivity contribution in [3.05, 3.63) is 47.2 Å². The van der Waals surface area contributed by atoms with Gasteiger partial charge >= 0.3 is 5.69 Å². The molecule has 0 aliphatic carbocycles. The molecule has 1 amide bonds. The predicted octanol–water partition coefficient (Wildman–Crippen LogP) is 1.15. The van der Waals surface area contributed by atoms with E-state index in [1.807, 2.05) is 21.7 Å². The number of hydrogen-bond acceptors (Lipinski definition) is 4. The summed E-state index contributed by atoms with van der Waals surface area (Å²) in [7, 11) is 0. The van der Waals surface area contributed by atoms with Crippen LogP contribution in [0.2, 0.25) is 0 Å². The number of nitrogens with zero attached hydrogens (tertiary/aromatic N) is 4. The topological polar surface area (TPSA) is 83.9 Å². The lowest BCUT2D eigenvalue weighted by molar-refractivity contribution is -0.132. The van der Waals surface area contributed by atoms with E-state index in [0.717, 1.165) is 38.0 Å². The van der Waals surface area contributed by atoms with Crippen LogP contribution in [0.15, 0.2) is 35.8 Å². The molecule has 1 N–H and O–H groups in total. The molecule has 3 heterocycles. The van der Waals surface area contributed by atoms with Crippen LogP contribution in [0.3, 0.4) is 0 Å². The molecule has 2 aromatic rings. The number of piperidine rings is 1. The number of aromatic amines is 1. The van der Waals surface area contributed by atoms with Crippen LogP contribution in [-0.2, 0) is 11.3 Å². The van der Waals surface area contributed by atoms with Crippen LogP contribution in [0.5, 0.6) is 0 Å². The van der Waals surface area contributed by atoms with Gasteiger partial charge in [-0.25, -0.2) is 14.8 Å². The minimum Gasteiger partial charge on any atom is -0.342 e. The number of amides is 1. The number of aryl methyl sites for hydroxylation is 1. The van der Waals surface area contributed by atoms with Crippen molar-refractivity contribution in [2.75, 3.05) is 13.1 Å². The van der Waals surface area contributed by atoms with Gasteiger partial charge in [-0.05, 0) is 25.3 Å². The van der Waals surface area contributed by atoms with Crippen molar-refractivity contribution < 1.29 is 4.79 Å². The van der Waals surface area contributed by atoms with E-state index in [2.05, 4.69) is 15.0 Å². The molecule has 0 unspecified atom stereocenters. The second-order valence-corrected chi connectivity index (χ2v) is 5.91. The monoisotopic (exact) mass is 315 g/mol. The Morgan fingerprint density at radius 1 is 1.39 bits per heavy atom. The third kappa shape index (κ3) is 4.06. The van der Waals surface area contributed by atoms with Crippen LogP contribution in [0.4, 0.5) is 0 Å². The SMILES string of the molecule is O=C(CCCn1ccnc1)N1CCC[C@H](c2ccnc(=O)[nH]2)C1. The summed E-state index contributed by atoms with van der Waals surface area (Å²) >= 11 is 0. The molecule has 0 bridgehead atoms. The van der Waals surface area contributed by atoms with Crippen molar-refractivity contribution in [3.8, 4) is 0 Å². The van der Waals surface area contributed by atoms with Crippen molar-refractivity contribution in [2.45, 2.75) is 38.1 Å². The number of carbonyl (C=O) groups is 1. The molecule has 1 fully saturated rings. The van der Waals surface area contributed by atoms with Crippen LogP contribution < -0.4 is 5.69 Å². The van der Waals surface area contributed by atoms with Gasteiger partial charge in [-0.2, -0.15) is 0 Å². The first-order valence-corrected chi connectivity index (χ1v) is 8.01. The Bertz CT molecular complexity index is 695. The summed E-state index contributed by atoms with van der Waals surface area (Å²) < 4.78 is 1.98. The molecule has 3 rings (SSSR count). The first-order valence-electron chi connectivity index (χ1n) is 8.01. The highest BCUT2D eigenvalue weighted by molar-refractivity contribution is 5.76. The predicted molar refractivity (Wildman–Crippen MR) is 84.9 cm³/mol. The van der Waals surface area contributed by atoms with Crippen LogP contribution in [-0.4, -0.2) is 43.4 Å². The lowest BCUT2D eigenvalue weighted by Crippen LogP contribution is -2.39. The molecule has 7 heteroatoms. The van der Waals surface area contributed by atoms with Crippen molar-refractivity contribution in [1.29, 1.82) is 0 Å². The zero-order valence-electron chi connectivity index (χ0n) is 13.0. The van der Waals surface area contributed by atoms with Crippen molar-refractivity contribution >= 4 is 5.91 Å².